The van der Waals surface area contributed by atoms with Gasteiger partial charge in [0, 0.05) is 12.5 Å². The van der Waals surface area contributed by atoms with Crippen LogP contribution in [0.2, 0.25) is 0 Å². The monoisotopic (exact) mass is 313 g/mol. The van der Waals surface area contributed by atoms with Gasteiger partial charge in [0.1, 0.15) is 6.07 Å². The zero-order valence-electron chi connectivity index (χ0n) is 11.8. The first-order valence-corrected chi connectivity index (χ1v) is 8.42. The topological polar surface area (TPSA) is 96.0 Å². The maximum absolute atomic E-state index is 11.3. The average molecular weight is 313 g/mol. The number of hydrogen-bond acceptors (Lipinski definition) is 4. The van der Waals surface area contributed by atoms with E-state index in [1.165, 1.54) is 23.3 Å². The Labute approximate surface area is 129 Å². The summed E-state index contributed by atoms with van der Waals surface area (Å²) in [6.45, 7) is 0.709. The molecule has 112 valence electrons. The smallest absolute Gasteiger partial charge is 0.238 e. The highest BCUT2D eigenvalue weighted by Gasteiger charge is 2.25. The first-order valence-electron chi connectivity index (χ1n) is 6.87. The van der Waals surface area contributed by atoms with Crippen LogP contribution in [0.15, 0.2) is 47.4 Å². The summed E-state index contributed by atoms with van der Waals surface area (Å²) in [7, 11) is -3.80. The molecule has 0 heterocycles. The van der Waals surface area contributed by atoms with Gasteiger partial charge in [-0.05, 0) is 35.7 Å². The molecule has 1 atom stereocenters. The summed E-state index contributed by atoms with van der Waals surface area (Å²) < 4.78 is 22.6. The summed E-state index contributed by atoms with van der Waals surface area (Å²) in [5, 5.41) is 17.5. The van der Waals surface area contributed by atoms with Gasteiger partial charge in [-0.2, -0.15) is 5.26 Å². The van der Waals surface area contributed by atoms with Crippen LogP contribution in [0, 0.1) is 11.3 Å². The Morgan fingerprint density at radius 3 is 2.73 bits per heavy atom. The van der Waals surface area contributed by atoms with Crippen LogP contribution in [0.4, 0.5) is 5.69 Å². The van der Waals surface area contributed by atoms with Gasteiger partial charge in [-0.15, -0.1) is 0 Å². The highest BCUT2D eigenvalue weighted by atomic mass is 32.2. The molecule has 1 aliphatic rings. The minimum absolute atomic E-state index is 0.0522. The summed E-state index contributed by atoms with van der Waals surface area (Å²) in [6, 6.07) is 14.6. The van der Waals surface area contributed by atoms with E-state index in [1.54, 1.807) is 6.07 Å². The van der Waals surface area contributed by atoms with Crippen molar-refractivity contribution in [3.8, 4) is 6.07 Å². The third kappa shape index (κ3) is 2.69. The fourth-order valence-corrected chi connectivity index (χ4v) is 3.26. The van der Waals surface area contributed by atoms with E-state index in [-0.39, 0.29) is 10.5 Å². The van der Waals surface area contributed by atoms with Crippen molar-refractivity contribution in [2.24, 2.45) is 5.14 Å². The van der Waals surface area contributed by atoms with E-state index in [0.29, 0.717) is 18.2 Å². The zero-order chi connectivity index (χ0) is 15.7. The number of hydrogen-bond donors (Lipinski definition) is 2. The molecule has 0 bridgehead atoms. The highest BCUT2D eigenvalue weighted by Crippen LogP contribution is 2.35. The second kappa shape index (κ2) is 5.44. The second-order valence-electron chi connectivity index (χ2n) is 5.34. The van der Waals surface area contributed by atoms with Crippen molar-refractivity contribution in [1.29, 1.82) is 5.26 Å². The molecule has 1 aliphatic carbocycles. The number of rotatable bonds is 4. The Hall–Kier alpha value is -2.36. The van der Waals surface area contributed by atoms with E-state index in [1.807, 2.05) is 18.2 Å². The number of fused-ring (bicyclic) bond motifs is 1. The van der Waals surface area contributed by atoms with Crippen LogP contribution in [-0.2, 0) is 16.4 Å². The van der Waals surface area contributed by atoms with Crippen molar-refractivity contribution < 1.29 is 8.42 Å². The van der Waals surface area contributed by atoms with Crippen molar-refractivity contribution in [3.05, 3.63) is 59.2 Å². The van der Waals surface area contributed by atoms with Crippen molar-refractivity contribution in [2.75, 3.05) is 11.9 Å². The van der Waals surface area contributed by atoms with Crippen LogP contribution < -0.4 is 10.5 Å². The Kier molecular flexibility index (Phi) is 3.61. The van der Waals surface area contributed by atoms with Gasteiger partial charge in [-0.1, -0.05) is 24.3 Å². The van der Waals surface area contributed by atoms with Crippen molar-refractivity contribution in [1.82, 2.24) is 0 Å². The lowest BCUT2D eigenvalue weighted by molar-refractivity contribution is 0.597. The number of primary sulfonamides is 1. The van der Waals surface area contributed by atoms with Gasteiger partial charge in [0.15, 0.2) is 0 Å². The molecule has 2 aromatic carbocycles. The molecular formula is C16H15N3O2S. The predicted octanol–water partition coefficient (Wildman–Crippen LogP) is 1.96. The molecule has 3 rings (SSSR count). The Bertz CT molecular complexity index is 869. The molecule has 0 radical (unpaired) electrons. The van der Waals surface area contributed by atoms with Crippen LogP contribution in [0.25, 0.3) is 0 Å². The predicted molar refractivity (Wildman–Crippen MR) is 83.9 cm³/mol. The van der Waals surface area contributed by atoms with Gasteiger partial charge < -0.3 is 5.32 Å². The molecule has 0 saturated carbocycles. The fourth-order valence-electron chi connectivity index (χ4n) is 2.72. The number of nitrogens with two attached hydrogens (primary N) is 1. The maximum Gasteiger partial charge on any atom is 0.238 e. The summed E-state index contributed by atoms with van der Waals surface area (Å²) in [6.07, 6.45) is 1.01. The lowest BCUT2D eigenvalue weighted by Gasteiger charge is -2.30. The van der Waals surface area contributed by atoms with Gasteiger partial charge in [0.2, 0.25) is 10.0 Å². The van der Waals surface area contributed by atoms with Gasteiger partial charge in [-0.25, -0.2) is 13.6 Å². The van der Waals surface area contributed by atoms with Gasteiger partial charge in [0.25, 0.3) is 0 Å². The first kappa shape index (κ1) is 14.6. The Morgan fingerprint density at radius 2 is 2.05 bits per heavy atom. The quantitative estimate of drug-likeness (QED) is 0.901. The van der Waals surface area contributed by atoms with Crippen molar-refractivity contribution >= 4 is 15.7 Å². The van der Waals surface area contributed by atoms with Gasteiger partial charge in [0.05, 0.1) is 16.1 Å². The van der Waals surface area contributed by atoms with E-state index in [9.17, 15) is 13.7 Å². The van der Waals surface area contributed by atoms with E-state index in [2.05, 4.69) is 17.4 Å². The Morgan fingerprint density at radius 1 is 1.27 bits per heavy atom. The first-order chi connectivity index (χ1) is 10.5. The number of nitrogens with one attached hydrogen (secondary N) is 1. The maximum atomic E-state index is 11.3. The Balaban J connectivity index is 1.76. The fraction of sp³-hybridized carbons (Fsp3) is 0.188. The number of nitriles is 1. The third-order valence-corrected chi connectivity index (χ3v) is 4.85. The van der Waals surface area contributed by atoms with Crippen molar-refractivity contribution in [3.63, 3.8) is 0 Å². The largest absolute Gasteiger partial charge is 0.383 e. The SMILES string of the molecule is N#Cc1cc(S(N)(=O)=O)ccc1NC[C@H]1Cc2ccccc21. The number of nitrogens with zero attached hydrogens (tertiary/aromatic N) is 1. The lowest BCUT2D eigenvalue weighted by Crippen LogP contribution is -2.24. The van der Waals surface area contributed by atoms with Crippen LogP contribution in [-0.4, -0.2) is 15.0 Å². The van der Waals surface area contributed by atoms with E-state index < -0.39 is 10.0 Å². The average Bonchev–Trinajstić information content (AvgIpc) is 2.47. The van der Waals surface area contributed by atoms with E-state index >= 15 is 0 Å². The molecule has 0 aliphatic heterocycles. The lowest BCUT2D eigenvalue weighted by atomic mass is 9.77. The molecule has 2 aromatic rings. The molecule has 22 heavy (non-hydrogen) atoms. The van der Waals surface area contributed by atoms with Crippen LogP contribution in [0.5, 0.6) is 0 Å². The molecule has 0 fully saturated rings. The van der Waals surface area contributed by atoms with Gasteiger partial charge in [-0.3, -0.25) is 0 Å². The number of sulfonamides is 1. The standard InChI is InChI=1S/C16H15N3O2S/c17-9-12-8-14(22(18,20)21)5-6-16(12)19-10-13-7-11-3-1-2-4-15(11)13/h1-6,8,13,19H,7,10H2,(H2,18,20,21)/t13-/m1/s1. The molecular weight excluding hydrogens is 298 g/mol. The molecule has 0 saturated heterocycles. The van der Waals surface area contributed by atoms with Crippen molar-refractivity contribution in [2.45, 2.75) is 17.2 Å². The molecule has 0 unspecified atom stereocenters. The number of benzene rings is 2. The summed E-state index contributed by atoms with van der Waals surface area (Å²) in [4.78, 5) is -0.0522. The van der Waals surface area contributed by atoms with Crippen LogP contribution in [0.1, 0.15) is 22.6 Å². The molecule has 0 spiro atoms. The molecule has 6 heteroatoms. The highest BCUT2D eigenvalue weighted by molar-refractivity contribution is 7.89. The molecule has 0 aromatic heterocycles. The summed E-state index contributed by atoms with van der Waals surface area (Å²) in [5.74, 6) is 0.417. The molecule has 3 N–H and O–H groups in total. The van der Waals surface area contributed by atoms with Crippen LogP contribution >= 0.6 is 0 Å². The second-order valence-corrected chi connectivity index (χ2v) is 6.91. The zero-order valence-corrected chi connectivity index (χ0v) is 12.6. The molecule has 5 nitrogen and oxygen atoms in total. The minimum Gasteiger partial charge on any atom is -0.383 e. The van der Waals surface area contributed by atoms with E-state index in [4.69, 9.17) is 5.14 Å². The number of anilines is 1. The van der Waals surface area contributed by atoms with E-state index in [0.717, 1.165) is 6.42 Å². The van der Waals surface area contributed by atoms with Gasteiger partial charge >= 0.3 is 0 Å². The van der Waals surface area contributed by atoms with Crippen LogP contribution in [0.3, 0.4) is 0 Å². The minimum atomic E-state index is -3.80. The third-order valence-electron chi connectivity index (χ3n) is 3.94. The summed E-state index contributed by atoms with van der Waals surface area (Å²) in [5.41, 5.74) is 3.59. The normalized spacial score (nSPS) is 16.3. The molecule has 0 amide bonds. The summed E-state index contributed by atoms with van der Waals surface area (Å²) >= 11 is 0.